The molecule has 1 aliphatic heterocycles. The van der Waals surface area contributed by atoms with Gasteiger partial charge in [0.2, 0.25) is 5.91 Å². The smallest absolute Gasteiger partial charge is 0.275 e. The van der Waals surface area contributed by atoms with Crippen molar-refractivity contribution < 1.29 is 9.53 Å². The Morgan fingerprint density at radius 1 is 1.03 bits per heavy atom. The summed E-state index contributed by atoms with van der Waals surface area (Å²) in [6.45, 7) is 1.96. The van der Waals surface area contributed by atoms with Crippen LogP contribution < -0.4 is 10.3 Å². The van der Waals surface area contributed by atoms with Crippen molar-refractivity contribution >= 4 is 5.91 Å². The molecule has 1 atom stereocenters. The van der Waals surface area contributed by atoms with Gasteiger partial charge < -0.3 is 9.64 Å². The van der Waals surface area contributed by atoms with E-state index in [-0.39, 0.29) is 17.9 Å². The Morgan fingerprint density at radius 2 is 1.77 bits per heavy atom. The van der Waals surface area contributed by atoms with Crippen LogP contribution in [0.25, 0.3) is 5.69 Å². The number of piperidine rings is 1. The van der Waals surface area contributed by atoms with Gasteiger partial charge in [-0.25, -0.2) is 0 Å². The Bertz CT molecular complexity index is 1030. The first-order valence-corrected chi connectivity index (χ1v) is 10.3. The summed E-state index contributed by atoms with van der Waals surface area (Å²) in [4.78, 5) is 27.6. The SMILES string of the molecule is O=C(Cc1ccnn(-c2ccccc2)c1=O)N1CCCC(COc2ccccc2)C1. The topological polar surface area (TPSA) is 64.4 Å². The Hall–Kier alpha value is -3.41. The summed E-state index contributed by atoms with van der Waals surface area (Å²) in [5.74, 6) is 1.11. The minimum Gasteiger partial charge on any atom is -0.493 e. The van der Waals surface area contributed by atoms with E-state index in [2.05, 4.69) is 5.10 Å². The van der Waals surface area contributed by atoms with E-state index in [1.807, 2.05) is 65.6 Å². The van der Waals surface area contributed by atoms with Crippen LogP contribution in [-0.4, -0.2) is 40.3 Å². The van der Waals surface area contributed by atoms with E-state index in [1.54, 1.807) is 12.3 Å². The second kappa shape index (κ2) is 9.39. The van der Waals surface area contributed by atoms with E-state index in [0.29, 0.717) is 30.3 Å². The van der Waals surface area contributed by atoms with Gasteiger partial charge >= 0.3 is 0 Å². The molecule has 3 aromatic rings. The fraction of sp³-hybridized carbons (Fsp3) is 0.292. The summed E-state index contributed by atoms with van der Waals surface area (Å²) in [6.07, 6.45) is 3.63. The van der Waals surface area contributed by atoms with Gasteiger partial charge in [0, 0.05) is 30.8 Å². The zero-order chi connectivity index (χ0) is 20.8. The number of amides is 1. The molecule has 0 spiro atoms. The lowest BCUT2D eigenvalue weighted by molar-refractivity contribution is -0.132. The third kappa shape index (κ3) is 4.76. The summed E-state index contributed by atoms with van der Waals surface area (Å²) in [5, 5.41) is 4.16. The van der Waals surface area contributed by atoms with Gasteiger partial charge in [0.05, 0.1) is 18.7 Å². The number of benzene rings is 2. The molecule has 1 saturated heterocycles. The molecule has 2 aromatic carbocycles. The lowest BCUT2D eigenvalue weighted by Crippen LogP contribution is -2.43. The van der Waals surface area contributed by atoms with Crippen LogP contribution in [0.3, 0.4) is 0 Å². The minimum atomic E-state index is -0.252. The molecule has 1 fully saturated rings. The third-order valence-corrected chi connectivity index (χ3v) is 5.37. The molecule has 154 valence electrons. The molecule has 1 aliphatic rings. The number of rotatable bonds is 6. The van der Waals surface area contributed by atoms with Gasteiger partial charge in [0.25, 0.3) is 5.56 Å². The first-order chi connectivity index (χ1) is 14.7. The molecule has 0 N–H and O–H groups in total. The number of hydrogen-bond donors (Lipinski definition) is 0. The zero-order valence-corrected chi connectivity index (χ0v) is 16.8. The van der Waals surface area contributed by atoms with Crippen LogP contribution in [0.15, 0.2) is 77.7 Å². The molecule has 1 aromatic heterocycles. The zero-order valence-electron chi connectivity index (χ0n) is 16.8. The number of carbonyl (C=O) groups excluding carboxylic acids is 1. The van der Waals surface area contributed by atoms with Gasteiger partial charge in [-0.15, -0.1) is 0 Å². The maximum atomic E-state index is 12.9. The number of likely N-dealkylation sites (tertiary alicyclic amines) is 1. The Kier molecular flexibility index (Phi) is 6.23. The molecular formula is C24H25N3O3. The molecule has 1 amide bonds. The molecule has 0 bridgehead atoms. The molecule has 4 rings (SSSR count). The highest BCUT2D eigenvalue weighted by Gasteiger charge is 2.25. The van der Waals surface area contributed by atoms with Gasteiger partial charge in [-0.1, -0.05) is 36.4 Å². The highest BCUT2D eigenvalue weighted by Crippen LogP contribution is 2.19. The van der Waals surface area contributed by atoms with Crippen molar-refractivity contribution in [1.29, 1.82) is 0 Å². The molecule has 6 heteroatoms. The predicted molar refractivity (Wildman–Crippen MR) is 115 cm³/mol. The predicted octanol–water partition coefficient (Wildman–Crippen LogP) is 3.09. The number of hydrogen-bond acceptors (Lipinski definition) is 4. The van der Waals surface area contributed by atoms with Crippen LogP contribution in [0.2, 0.25) is 0 Å². The van der Waals surface area contributed by atoms with Crippen LogP contribution in [-0.2, 0) is 11.2 Å². The molecule has 0 radical (unpaired) electrons. The summed E-state index contributed by atoms with van der Waals surface area (Å²) >= 11 is 0. The van der Waals surface area contributed by atoms with Gasteiger partial charge in [-0.05, 0) is 43.2 Å². The standard InChI is InChI=1S/C24H25N3O3/c28-23(16-20-13-14-25-27(24(20)29)21-9-3-1-4-10-21)26-15-7-8-19(17-26)18-30-22-11-5-2-6-12-22/h1-6,9-14,19H,7-8,15-18H2. The molecule has 0 aliphatic carbocycles. The first-order valence-electron chi connectivity index (χ1n) is 10.3. The lowest BCUT2D eigenvalue weighted by Gasteiger charge is -2.32. The fourth-order valence-electron chi connectivity index (χ4n) is 3.77. The maximum Gasteiger partial charge on any atom is 0.275 e. The van der Waals surface area contributed by atoms with E-state index in [0.717, 1.165) is 25.1 Å². The monoisotopic (exact) mass is 403 g/mol. The summed E-state index contributed by atoms with van der Waals surface area (Å²) in [7, 11) is 0. The second-order valence-electron chi connectivity index (χ2n) is 7.56. The Morgan fingerprint density at radius 3 is 2.53 bits per heavy atom. The highest BCUT2D eigenvalue weighted by atomic mass is 16.5. The summed E-state index contributed by atoms with van der Waals surface area (Å²) in [5.41, 5.74) is 0.896. The lowest BCUT2D eigenvalue weighted by atomic mass is 9.98. The first kappa shape index (κ1) is 19.9. The fourth-order valence-corrected chi connectivity index (χ4v) is 3.77. The number of para-hydroxylation sites is 2. The number of carbonyl (C=O) groups is 1. The number of nitrogens with zero attached hydrogens (tertiary/aromatic N) is 3. The Balaban J connectivity index is 1.39. The maximum absolute atomic E-state index is 12.9. The molecule has 30 heavy (non-hydrogen) atoms. The van der Waals surface area contributed by atoms with Gasteiger partial charge in [-0.3, -0.25) is 9.59 Å². The quantitative estimate of drug-likeness (QED) is 0.635. The van der Waals surface area contributed by atoms with Gasteiger partial charge in [-0.2, -0.15) is 9.78 Å². The van der Waals surface area contributed by atoms with E-state index < -0.39 is 0 Å². The average Bonchev–Trinajstić information content (AvgIpc) is 2.80. The van der Waals surface area contributed by atoms with Crippen LogP contribution in [0.4, 0.5) is 0 Å². The molecule has 6 nitrogen and oxygen atoms in total. The minimum absolute atomic E-state index is 0.0256. The van der Waals surface area contributed by atoms with Crippen LogP contribution in [0.5, 0.6) is 5.75 Å². The third-order valence-electron chi connectivity index (χ3n) is 5.37. The summed E-state index contributed by atoms with van der Waals surface area (Å²) in [6, 6.07) is 20.6. The molecule has 2 heterocycles. The van der Waals surface area contributed by atoms with Crippen molar-refractivity contribution in [3.05, 3.63) is 88.8 Å². The molecule has 1 unspecified atom stereocenters. The van der Waals surface area contributed by atoms with E-state index in [4.69, 9.17) is 4.74 Å². The van der Waals surface area contributed by atoms with E-state index >= 15 is 0 Å². The van der Waals surface area contributed by atoms with Crippen LogP contribution >= 0.6 is 0 Å². The second-order valence-corrected chi connectivity index (χ2v) is 7.56. The highest BCUT2D eigenvalue weighted by molar-refractivity contribution is 5.78. The van der Waals surface area contributed by atoms with Crippen molar-refractivity contribution in [1.82, 2.24) is 14.7 Å². The normalized spacial score (nSPS) is 16.3. The van der Waals surface area contributed by atoms with Crippen molar-refractivity contribution in [2.75, 3.05) is 19.7 Å². The Labute approximate surface area is 175 Å². The van der Waals surface area contributed by atoms with Crippen molar-refractivity contribution in [2.45, 2.75) is 19.3 Å². The van der Waals surface area contributed by atoms with Crippen LogP contribution in [0, 0.1) is 5.92 Å². The van der Waals surface area contributed by atoms with Gasteiger partial charge in [0.1, 0.15) is 5.75 Å². The van der Waals surface area contributed by atoms with Gasteiger partial charge in [0.15, 0.2) is 0 Å². The van der Waals surface area contributed by atoms with Crippen molar-refractivity contribution in [3.63, 3.8) is 0 Å². The largest absolute Gasteiger partial charge is 0.493 e. The van der Waals surface area contributed by atoms with Crippen LogP contribution in [0.1, 0.15) is 18.4 Å². The van der Waals surface area contributed by atoms with Crippen molar-refractivity contribution in [2.24, 2.45) is 5.92 Å². The average molecular weight is 403 g/mol. The van der Waals surface area contributed by atoms with E-state index in [9.17, 15) is 9.59 Å². The van der Waals surface area contributed by atoms with Crippen molar-refractivity contribution in [3.8, 4) is 11.4 Å². The summed E-state index contributed by atoms with van der Waals surface area (Å²) < 4.78 is 7.22. The van der Waals surface area contributed by atoms with E-state index in [1.165, 1.54) is 4.68 Å². The molecule has 0 saturated carbocycles. The number of ether oxygens (including phenoxy) is 1. The molecular weight excluding hydrogens is 378 g/mol. The number of aromatic nitrogens is 2.